The number of nitrogens with zero attached hydrogens (tertiary/aromatic N) is 2. The molecule has 0 fully saturated rings. The number of hydrogen-bond donors (Lipinski definition) is 2. The number of carbonyl (C=O) groups is 2. The van der Waals surface area contributed by atoms with E-state index >= 15 is 0 Å². The van der Waals surface area contributed by atoms with E-state index in [9.17, 15) is 23.9 Å². The Kier molecular flexibility index (Phi) is 6.57. The van der Waals surface area contributed by atoms with Crippen LogP contribution in [0.25, 0.3) is 16.6 Å². The van der Waals surface area contributed by atoms with Crippen LogP contribution < -0.4 is 10.5 Å². The van der Waals surface area contributed by atoms with Gasteiger partial charge in [-0.15, -0.1) is 0 Å². The second-order valence-corrected chi connectivity index (χ2v) is 8.41. The van der Waals surface area contributed by atoms with Crippen molar-refractivity contribution in [1.82, 2.24) is 9.61 Å². The molecule has 0 aliphatic heterocycles. The Morgan fingerprint density at radius 3 is 2.47 bits per heavy atom. The Bertz CT molecular complexity index is 1510. The molecule has 2 aromatic carbocycles. The molecule has 0 saturated carbocycles. The zero-order chi connectivity index (χ0) is 26.1. The van der Waals surface area contributed by atoms with Gasteiger partial charge < -0.3 is 15.6 Å². The van der Waals surface area contributed by atoms with Gasteiger partial charge in [0.25, 0.3) is 6.29 Å². The first-order chi connectivity index (χ1) is 17.1. The molecular formula is C27H23FN3O5. The van der Waals surface area contributed by atoms with Crippen LogP contribution in [0.15, 0.2) is 48.5 Å². The molecule has 36 heavy (non-hydrogen) atoms. The molecule has 2 aromatic heterocycles. The Hall–Kier alpha value is -4.53. The summed E-state index contributed by atoms with van der Waals surface area (Å²) in [6, 6.07) is 13.8. The molecule has 183 valence electrons. The number of rotatable bonds is 8. The Balaban J connectivity index is 1.94. The standard InChI is InChI=1S/C27H23FN3O5/c1-14-21(12-18-6-4-5-7-20(18)17-8-10-19(28)11-9-17)31-25(24(14)29)26(36-16(3)27(34)35)23(15(2)30-31)22(33)13-32/h4-11,16H,12,29H2,1-3H3,(H,34,35). The van der Waals surface area contributed by atoms with E-state index in [0.29, 0.717) is 17.7 Å². The number of nitrogen functional groups attached to an aromatic ring is 1. The van der Waals surface area contributed by atoms with Crippen LogP contribution in [0, 0.1) is 19.7 Å². The molecule has 0 aliphatic rings. The number of aromatic nitrogens is 2. The summed E-state index contributed by atoms with van der Waals surface area (Å²) in [6.45, 7) is 4.61. The van der Waals surface area contributed by atoms with Crippen LogP contribution in [0.3, 0.4) is 0 Å². The molecule has 1 radical (unpaired) electrons. The van der Waals surface area contributed by atoms with Crippen molar-refractivity contribution >= 4 is 29.2 Å². The fourth-order valence-electron chi connectivity index (χ4n) is 4.19. The summed E-state index contributed by atoms with van der Waals surface area (Å²) in [6.07, 6.45) is 0.345. The van der Waals surface area contributed by atoms with Gasteiger partial charge in [-0.1, -0.05) is 36.4 Å². The van der Waals surface area contributed by atoms with E-state index in [1.54, 1.807) is 19.1 Å². The average Bonchev–Trinajstić information content (AvgIpc) is 3.08. The van der Waals surface area contributed by atoms with Crippen LogP contribution in [0.5, 0.6) is 5.75 Å². The van der Waals surface area contributed by atoms with Gasteiger partial charge in [-0.25, -0.2) is 13.7 Å². The number of halogens is 1. The van der Waals surface area contributed by atoms with E-state index in [4.69, 9.17) is 10.5 Å². The van der Waals surface area contributed by atoms with Gasteiger partial charge in [0.1, 0.15) is 11.3 Å². The number of carbonyl (C=O) groups excluding carboxylic acids is 2. The first kappa shape index (κ1) is 24.6. The maximum absolute atomic E-state index is 13.5. The molecule has 3 N–H and O–H groups in total. The number of aryl methyl sites for hydroxylation is 1. The summed E-state index contributed by atoms with van der Waals surface area (Å²) in [5.41, 5.74) is 10.8. The van der Waals surface area contributed by atoms with Crippen molar-refractivity contribution < 1.29 is 28.6 Å². The lowest BCUT2D eigenvalue weighted by Crippen LogP contribution is -2.25. The number of ether oxygens (including phenoxy) is 1. The summed E-state index contributed by atoms with van der Waals surface area (Å²) in [7, 11) is 0. The summed E-state index contributed by atoms with van der Waals surface area (Å²) >= 11 is 0. The summed E-state index contributed by atoms with van der Waals surface area (Å²) in [5, 5.41) is 13.9. The predicted molar refractivity (Wildman–Crippen MR) is 131 cm³/mol. The third-order valence-corrected chi connectivity index (χ3v) is 6.11. The number of hydrogen-bond acceptors (Lipinski definition) is 6. The number of aliphatic carboxylic acids is 1. The van der Waals surface area contributed by atoms with Gasteiger partial charge in [-0.2, -0.15) is 5.10 Å². The van der Waals surface area contributed by atoms with Crippen molar-refractivity contribution in [1.29, 1.82) is 0 Å². The number of benzene rings is 2. The van der Waals surface area contributed by atoms with E-state index < -0.39 is 17.9 Å². The van der Waals surface area contributed by atoms with Gasteiger partial charge in [0.05, 0.1) is 22.6 Å². The van der Waals surface area contributed by atoms with Crippen molar-refractivity contribution in [3.8, 4) is 16.9 Å². The highest BCUT2D eigenvalue weighted by Gasteiger charge is 2.29. The molecule has 0 spiro atoms. The minimum absolute atomic E-state index is 0.135. The number of fused-ring (bicyclic) bond motifs is 1. The molecular weight excluding hydrogens is 465 g/mol. The summed E-state index contributed by atoms with van der Waals surface area (Å²) < 4.78 is 20.7. The lowest BCUT2D eigenvalue weighted by atomic mass is 9.96. The molecule has 4 rings (SSSR count). The average molecular weight is 488 g/mol. The topological polar surface area (TPSA) is 124 Å². The highest BCUT2D eigenvalue weighted by atomic mass is 19.1. The first-order valence-corrected chi connectivity index (χ1v) is 11.1. The summed E-state index contributed by atoms with van der Waals surface area (Å²) in [5.74, 6) is -2.74. The van der Waals surface area contributed by atoms with Crippen LogP contribution in [0.1, 0.15) is 39.8 Å². The van der Waals surface area contributed by atoms with Crippen LogP contribution in [0.4, 0.5) is 10.1 Å². The van der Waals surface area contributed by atoms with E-state index in [2.05, 4.69) is 5.10 Å². The van der Waals surface area contributed by atoms with Crippen LogP contribution in [-0.4, -0.2) is 38.9 Å². The molecule has 8 nitrogen and oxygen atoms in total. The Labute approximate surface area is 206 Å². The van der Waals surface area contributed by atoms with Crippen LogP contribution in [-0.2, 0) is 16.0 Å². The maximum atomic E-state index is 13.5. The minimum atomic E-state index is -1.33. The second-order valence-electron chi connectivity index (χ2n) is 8.41. The largest absolute Gasteiger partial charge is 0.479 e. The van der Waals surface area contributed by atoms with E-state index in [1.165, 1.54) is 36.8 Å². The van der Waals surface area contributed by atoms with Gasteiger partial charge in [0.15, 0.2) is 11.9 Å². The second kappa shape index (κ2) is 9.61. The first-order valence-electron chi connectivity index (χ1n) is 11.1. The normalized spacial score (nSPS) is 11.9. The van der Waals surface area contributed by atoms with E-state index in [0.717, 1.165) is 16.7 Å². The highest BCUT2D eigenvalue weighted by Crippen LogP contribution is 2.38. The van der Waals surface area contributed by atoms with Crippen molar-refractivity contribution in [2.75, 3.05) is 5.73 Å². The number of Topliss-reactive ketones (excluding diaryl/α,β-unsaturated/α-hetero) is 1. The van der Waals surface area contributed by atoms with Gasteiger partial charge in [-0.05, 0) is 55.2 Å². The molecule has 0 bridgehead atoms. The van der Waals surface area contributed by atoms with Gasteiger partial charge in [0, 0.05) is 6.42 Å². The highest BCUT2D eigenvalue weighted by molar-refractivity contribution is 6.35. The van der Waals surface area contributed by atoms with Crippen molar-refractivity contribution in [3.05, 3.63) is 82.4 Å². The zero-order valence-corrected chi connectivity index (χ0v) is 19.8. The number of nitrogens with two attached hydrogens (primary N) is 1. The lowest BCUT2D eigenvalue weighted by molar-refractivity contribution is -0.144. The Morgan fingerprint density at radius 2 is 1.83 bits per heavy atom. The van der Waals surface area contributed by atoms with Crippen LogP contribution in [0.2, 0.25) is 0 Å². The molecule has 1 atom stereocenters. The molecule has 2 heterocycles. The van der Waals surface area contributed by atoms with E-state index in [1.807, 2.05) is 24.3 Å². The maximum Gasteiger partial charge on any atom is 0.344 e. The lowest BCUT2D eigenvalue weighted by Gasteiger charge is -2.17. The van der Waals surface area contributed by atoms with Gasteiger partial charge >= 0.3 is 5.97 Å². The minimum Gasteiger partial charge on any atom is -0.479 e. The molecule has 0 aliphatic carbocycles. The number of carboxylic acids is 1. The molecule has 1 unspecified atom stereocenters. The van der Waals surface area contributed by atoms with Crippen molar-refractivity contribution in [2.45, 2.75) is 33.3 Å². The number of anilines is 1. The number of ketones is 1. The number of carboxylic acid groups (broad SMARTS) is 1. The fraction of sp³-hybridized carbons (Fsp3) is 0.185. The molecule has 0 amide bonds. The van der Waals surface area contributed by atoms with Gasteiger partial charge in [0.2, 0.25) is 5.78 Å². The zero-order valence-electron chi connectivity index (χ0n) is 19.8. The monoisotopic (exact) mass is 488 g/mol. The van der Waals surface area contributed by atoms with Crippen LogP contribution >= 0.6 is 0 Å². The third-order valence-electron chi connectivity index (χ3n) is 6.11. The molecule has 9 heteroatoms. The third kappa shape index (κ3) is 4.31. The van der Waals surface area contributed by atoms with Crippen molar-refractivity contribution in [3.63, 3.8) is 0 Å². The summed E-state index contributed by atoms with van der Waals surface area (Å²) in [4.78, 5) is 35.1. The van der Waals surface area contributed by atoms with Crippen molar-refractivity contribution in [2.24, 2.45) is 0 Å². The SMILES string of the molecule is Cc1nn2c(Cc3ccccc3-c3ccc(F)cc3)c(C)c(N)c2c(OC(C)C(=O)O)c1C(=O)[C]=O. The fourth-order valence-corrected chi connectivity index (χ4v) is 4.19. The smallest absolute Gasteiger partial charge is 0.344 e. The van der Waals surface area contributed by atoms with E-state index in [-0.39, 0.29) is 34.0 Å². The Morgan fingerprint density at radius 1 is 1.17 bits per heavy atom. The van der Waals surface area contributed by atoms with Gasteiger partial charge in [-0.3, -0.25) is 9.59 Å². The predicted octanol–water partition coefficient (Wildman–Crippen LogP) is 4.07. The molecule has 0 saturated heterocycles. The molecule has 4 aromatic rings. The quantitative estimate of drug-likeness (QED) is 0.283.